The van der Waals surface area contributed by atoms with Crippen LogP contribution in [0.4, 0.5) is 0 Å². The van der Waals surface area contributed by atoms with Crippen LogP contribution in [-0.4, -0.2) is 23.1 Å². The molecule has 0 radical (unpaired) electrons. The quantitative estimate of drug-likeness (QED) is 0.843. The molecule has 0 aromatic carbocycles. The molecule has 3 nitrogen and oxygen atoms in total. The van der Waals surface area contributed by atoms with E-state index in [0.29, 0.717) is 0 Å². The van der Waals surface area contributed by atoms with E-state index in [2.05, 4.69) is 35.2 Å². The third kappa shape index (κ3) is 3.01. The molecule has 1 fully saturated rings. The average molecular weight is 219 g/mol. The minimum absolute atomic E-state index is 0.722. The van der Waals surface area contributed by atoms with Crippen LogP contribution in [-0.2, 0) is 12.8 Å². The minimum Gasteiger partial charge on any atom is -0.316 e. The molecule has 1 aliphatic heterocycles. The number of piperidine rings is 1. The Hall–Kier alpha value is -0.960. The molecule has 0 spiro atoms. The van der Waals surface area contributed by atoms with Gasteiger partial charge in [0, 0.05) is 17.8 Å². The summed E-state index contributed by atoms with van der Waals surface area (Å²) in [6, 6.07) is 2.09. The van der Waals surface area contributed by atoms with Crippen molar-refractivity contribution in [3.8, 4) is 0 Å². The second-order valence-electron chi connectivity index (χ2n) is 4.69. The number of rotatable bonds is 3. The van der Waals surface area contributed by atoms with Gasteiger partial charge in [-0.05, 0) is 51.3 Å². The molecule has 1 unspecified atom stereocenters. The van der Waals surface area contributed by atoms with Gasteiger partial charge in [0.15, 0.2) is 0 Å². The molecule has 3 heteroatoms. The summed E-state index contributed by atoms with van der Waals surface area (Å²) in [5, 5.41) is 3.44. The predicted molar refractivity (Wildman–Crippen MR) is 65.4 cm³/mol. The summed E-state index contributed by atoms with van der Waals surface area (Å²) in [5.41, 5.74) is 2.27. The molecule has 1 aromatic rings. The predicted octanol–water partition coefficient (Wildman–Crippen LogP) is 1.89. The van der Waals surface area contributed by atoms with E-state index in [1.165, 1.54) is 25.1 Å². The van der Waals surface area contributed by atoms with Crippen molar-refractivity contribution in [2.24, 2.45) is 5.92 Å². The summed E-state index contributed by atoms with van der Waals surface area (Å²) in [5.74, 6) is 1.76. The van der Waals surface area contributed by atoms with E-state index < -0.39 is 0 Å². The van der Waals surface area contributed by atoms with Gasteiger partial charge in [-0.2, -0.15) is 0 Å². The lowest BCUT2D eigenvalue weighted by atomic mass is 9.96. The summed E-state index contributed by atoms with van der Waals surface area (Å²) >= 11 is 0. The van der Waals surface area contributed by atoms with E-state index >= 15 is 0 Å². The Morgan fingerprint density at radius 3 is 3.00 bits per heavy atom. The maximum atomic E-state index is 4.61. The van der Waals surface area contributed by atoms with E-state index in [4.69, 9.17) is 0 Å². The van der Waals surface area contributed by atoms with Gasteiger partial charge in [-0.1, -0.05) is 6.92 Å². The molecule has 1 aromatic heterocycles. The van der Waals surface area contributed by atoms with Gasteiger partial charge < -0.3 is 5.32 Å². The lowest BCUT2D eigenvalue weighted by molar-refractivity contribution is 0.370. The Balaban J connectivity index is 2.04. The van der Waals surface area contributed by atoms with Crippen LogP contribution in [0.15, 0.2) is 6.07 Å². The molecule has 0 aliphatic carbocycles. The van der Waals surface area contributed by atoms with Gasteiger partial charge in [0.25, 0.3) is 0 Å². The number of aromatic nitrogens is 2. The van der Waals surface area contributed by atoms with Crippen molar-refractivity contribution in [1.82, 2.24) is 15.3 Å². The molecule has 1 atom stereocenters. The highest BCUT2D eigenvalue weighted by atomic mass is 14.9. The Morgan fingerprint density at radius 2 is 2.31 bits per heavy atom. The number of hydrogen-bond acceptors (Lipinski definition) is 3. The fourth-order valence-corrected chi connectivity index (χ4v) is 2.33. The van der Waals surface area contributed by atoms with Crippen molar-refractivity contribution in [2.75, 3.05) is 13.1 Å². The minimum atomic E-state index is 0.722. The number of aryl methyl sites for hydroxylation is 2. The second-order valence-corrected chi connectivity index (χ2v) is 4.69. The first kappa shape index (κ1) is 11.5. The van der Waals surface area contributed by atoms with Crippen molar-refractivity contribution in [2.45, 2.75) is 39.5 Å². The standard InChI is InChI=1S/C13H21N3/c1-3-12-7-10(2)15-13(16-12)8-11-5-4-6-14-9-11/h7,11,14H,3-6,8-9H2,1-2H3. The van der Waals surface area contributed by atoms with Crippen molar-refractivity contribution >= 4 is 0 Å². The maximum absolute atomic E-state index is 4.61. The summed E-state index contributed by atoms with van der Waals surface area (Å²) in [6.07, 6.45) is 4.63. The highest BCUT2D eigenvalue weighted by Gasteiger charge is 2.15. The first-order valence-electron chi connectivity index (χ1n) is 6.32. The molecular formula is C13H21N3. The average Bonchev–Trinajstić information content (AvgIpc) is 2.29. The Bertz CT molecular complexity index is 343. The molecule has 1 N–H and O–H groups in total. The molecule has 1 saturated heterocycles. The molecule has 2 heterocycles. The molecule has 0 amide bonds. The van der Waals surface area contributed by atoms with Crippen molar-refractivity contribution in [1.29, 1.82) is 0 Å². The molecule has 0 saturated carbocycles. The molecule has 1 aliphatic rings. The first-order chi connectivity index (χ1) is 7.78. The van der Waals surface area contributed by atoms with Crippen LogP contribution in [0.2, 0.25) is 0 Å². The van der Waals surface area contributed by atoms with Crippen LogP contribution in [0.1, 0.15) is 37.0 Å². The third-order valence-corrected chi connectivity index (χ3v) is 3.19. The van der Waals surface area contributed by atoms with Gasteiger partial charge in [-0.15, -0.1) is 0 Å². The fraction of sp³-hybridized carbons (Fsp3) is 0.692. The van der Waals surface area contributed by atoms with Crippen LogP contribution in [0.5, 0.6) is 0 Å². The van der Waals surface area contributed by atoms with Crippen LogP contribution in [0.25, 0.3) is 0 Å². The van der Waals surface area contributed by atoms with E-state index in [0.717, 1.165) is 36.8 Å². The largest absolute Gasteiger partial charge is 0.316 e. The van der Waals surface area contributed by atoms with Gasteiger partial charge in [0.2, 0.25) is 0 Å². The zero-order valence-corrected chi connectivity index (χ0v) is 10.3. The summed E-state index contributed by atoms with van der Waals surface area (Å²) in [6.45, 7) is 6.50. The van der Waals surface area contributed by atoms with Gasteiger partial charge in [-0.3, -0.25) is 0 Å². The molecule has 2 rings (SSSR count). The fourth-order valence-electron chi connectivity index (χ4n) is 2.33. The first-order valence-corrected chi connectivity index (χ1v) is 6.32. The molecule has 0 bridgehead atoms. The second kappa shape index (κ2) is 5.39. The van der Waals surface area contributed by atoms with Crippen molar-refractivity contribution in [3.63, 3.8) is 0 Å². The highest BCUT2D eigenvalue weighted by molar-refractivity contribution is 5.10. The summed E-state index contributed by atoms with van der Waals surface area (Å²) < 4.78 is 0. The molecule has 88 valence electrons. The number of nitrogens with zero attached hydrogens (tertiary/aromatic N) is 2. The van der Waals surface area contributed by atoms with Gasteiger partial charge in [0.1, 0.15) is 5.82 Å². The van der Waals surface area contributed by atoms with Crippen LogP contribution in [0.3, 0.4) is 0 Å². The number of nitrogens with one attached hydrogen (secondary N) is 1. The lowest BCUT2D eigenvalue weighted by Gasteiger charge is -2.22. The summed E-state index contributed by atoms with van der Waals surface area (Å²) in [4.78, 5) is 9.14. The van der Waals surface area contributed by atoms with Gasteiger partial charge >= 0.3 is 0 Å². The van der Waals surface area contributed by atoms with Gasteiger partial charge in [-0.25, -0.2) is 9.97 Å². The van der Waals surface area contributed by atoms with Crippen LogP contribution in [0, 0.1) is 12.8 Å². The normalized spacial score (nSPS) is 21.0. The van der Waals surface area contributed by atoms with E-state index in [-0.39, 0.29) is 0 Å². The lowest BCUT2D eigenvalue weighted by Crippen LogP contribution is -2.31. The molecular weight excluding hydrogens is 198 g/mol. The summed E-state index contributed by atoms with van der Waals surface area (Å²) in [7, 11) is 0. The SMILES string of the molecule is CCc1cc(C)nc(CC2CCCNC2)n1. The zero-order chi connectivity index (χ0) is 11.4. The highest BCUT2D eigenvalue weighted by Crippen LogP contribution is 2.14. The monoisotopic (exact) mass is 219 g/mol. The maximum Gasteiger partial charge on any atom is 0.129 e. The van der Waals surface area contributed by atoms with Crippen molar-refractivity contribution in [3.05, 3.63) is 23.3 Å². The topological polar surface area (TPSA) is 37.8 Å². The number of hydrogen-bond donors (Lipinski definition) is 1. The Morgan fingerprint density at radius 1 is 1.44 bits per heavy atom. The Kier molecular flexibility index (Phi) is 3.88. The van der Waals surface area contributed by atoms with E-state index in [1.807, 2.05) is 0 Å². The van der Waals surface area contributed by atoms with Crippen molar-refractivity contribution < 1.29 is 0 Å². The van der Waals surface area contributed by atoms with Crippen LogP contribution < -0.4 is 5.32 Å². The van der Waals surface area contributed by atoms with Crippen LogP contribution >= 0.6 is 0 Å². The van der Waals surface area contributed by atoms with E-state index in [1.54, 1.807) is 0 Å². The third-order valence-electron chi connectivity index (χ3n) is 3.19. The van der Waals surface area contributed by atoms with Gasteiger partial charge in [0.05, 0.1) is 0 Å². The smallest absolute Gasteiger partial charge is 0.129 e. The molecule has 16 heavy (non-hydrogen) atoms. The van der Waals surface area contributed by atoms with E-state index in [9.17, 15) is 0 Å². The zero-order valence-electron chi connectivity index (χ0n) is 10.3. The Labute approximate surface area is 97.7 Å².